The highest BCUT2D eigenvalue weighted by Gasteiger charge is 2.15. The van der Waals surface area contributed by atoms with Crippen LogP contribution in [-0.2, 0) is 0 Å². The maximum Gasteiger partial charge on any atom is 0.254 e. The molecule has 0 N–H and O–H groups in total. The summed E-state index contributed by atoms with van der Waals surface area (Å²) in [6.07, 6.45) is 0.812. The van der Waals surface area contributed by atoms with Gasteiger partial charge in [0.05, 0.1) is 5.56 Å². The van der Waals surface area contributed by atoms with Gasteiger partial charge in [0.2, 0.25) is 0 Å². The molecule has 4 heteroatoms. The van der Waals surface area contributed by atoms with E-state index < -0.39 is 0 Å². The SMILES string of the molecule is Cc1cccc(C(=O)N(C)CCC(C)Cl)c1I. The van der Waals surface area contributed by atoms with Gasteiger partial charge >= 0.3 is 0 Å². The Morgan fingerprint density at radius 2 is 2.18 bits per heavy atom. The van der Waals surface area contributed by atoms with Crippen molar-refractivity contribution >= 4 is 40.1 Å². The van der Waals surface area contributed by atoms with Crippen molar-refractivity contribution in [1.82, 2.24) is 4.90 Å². The molecular weight excluding hydrogens is 349 g/mol. The quantitative estimate of drug-likeness (QED) is 0.589. The van der Waals surface area contributed by atoms with E-state index in [4.69, 9.17) is 11.6 Å². The van der Waals surface area contributed by atoms with Gasteiger partial charge in [0.25, 0.3) is 5.91 Å². The summed E-state index contributed by atoms with van der Waals surface area (Å²) in [7, 11) is 1.82. The van der Waals surface area contributed by atoms with Crippen molar-refractivity contribution in [2.75, 3.05) is 13.6 Å². The minimum Gasteiger partial charge on any atom is -0.342 e. The molecule has 1 atom stereocenters. The molecule has 1 aromatic carbocycles. The average molecular weight is 366 g/mol. The first-order chi connectivity index (χ1) is 7.93. The summed E-state index contributed by atoms with van der Waals surface area (Å²) in [5.41, 5.74) is 1.91. The number of amides is 1. The van der Waals surface area contributed by atoms with Crippen LogP contribution in [0.2, 0.25) is 0 Å². The van der Waals surface area contributed by atoms with Gasteiger partial charge in [-0.1, -0.05) is 12.1 Å². The largest absolute Gasteiger partial charge is 0.342 e. The van der Waals surface area contributed by atoms with Crippen molar-refractivity contribution in [3.8, 4) is 0 Å². The Labute approximate surface area is 121 Å². The number of aryl methyl sites for hydroxylation is 1. The van der Waals surface area contributed by atoms with E-state index in [1.54, 1.807) is 4.90 Å². The van der Waals surface area contributed by atoms with E-state index in [1.165, 1.54) is 0 Å². The number of carbonyl (C=O) groups excluding carboxylic acids is 1. The van der Waals surface area contributed by atoms with E-state index >= 15 is 0 Å². The highest BCUT2D eigenvalue weighted by molar-refractivity contribution is 14.1. The zero-order valence-corrected chi connectivity index (χ0v) is 13.2. The van der Waals surface area contributed by atoms with Crippen LogP contribution in [0.25, 0.3) is 0 Å². The fourth-order valence-corrected chi connectivity index (χ4v) is 2.18. The van der Waals surface area contributed by atoms with E-state index in [0.717, 1.165) is 21.1 Å². The van der Waals surface area contributed by atoms with Gasteiger partial charge in [0, 0.05) is 22.5 Å². The molecule has 0 radical (unpaired) electrons. The molecule has 0 heterocycles. The van der Waals surface area contributed by atoms with E-state index in [2.05, 4.69) is 22.6 Å². The van der Waals surface area contributed by atoms with E-state index in [-0.39, 0.29) is 11.3 Å². The van der Waals surface area contributed by atoms with E-state index in [0.29, 0.717) is 6.54 Å². The smallest absolute Gasteiger partial charge is 0.254 e. The number of nitrogens with zero attached hydrogens (tertiary/aromatic N) is 1. The second kappa shape index (κ2) is 6.59. The Bertz CT molecular complexity index is 406. The molecule has 0 bridgehead atoms. The summed E-state index contributed by atoms with van der Waals surface area (Å²) in [6, 6.07) is 5.81. The zero-order chi connectivity index (χ0) is 13.0. The first kappa shape index (κ1) is 14.8. The fraction of sp³-hybridized carbons (Fsp3) is 0.462. The van der Waals surface area contributed by atoms with Gasteiger partial charge in [-0.25, -0.2) is 0 Å². The summed E-state index contributed by atoms with van der Waals surface area (Å²) in [6.45, 7) is 4.64. The number of hydrogen-bond acceptors (Lipinski definition) is 1. The highest BCUT2D eigenvalue weighted by atomic mass is 127. The van der Waals surface area contributed by atoms with Crippen molar-refractivity contribution in [2.45, 2.75) is 25.6 Å². The molecule has 17 heavy (non-hydrogen) atoms. The predicted octanol–water partition coefficient (Wildman–Crippen LogP) is 3.69. The molecule has 0 spiro atoms. The monoisotopic (exact) mass is 365 g/mol. The molecule has 0 aliphatic carbocycles. The minimum absolute atomic E-state index is 0.0652. The molecule has 94 valence electrons. The van der Waals surface area contributed by atoms with Crippen LogP contribution >= 0.6 is 34.2 Å². The maximum atomic E-state index is 12.2. The number of halogens is 2. The Morgan fingerprint density at radius 1 is 1.53 bits per heavy atom. The predicted molar refractivity (Wildman–Crippen MR) is 80.8 cm³/mol. The zero-order valence-electron chi connectivity index (χ0n) is 10.3. The van der Waals surface area contributed by atoms with Crippen LogP contribution in [0.3, 0.4) is 0 Å². The van der Waals surface area contributed by atoms with Gasteiger partial charge in [-0.2, -0.15) is 0 Å². The molecule has 1 amide bonds. The van der Waals surface area contributed by atoms with Crippen molar-refractivity contribution in [1.29, 1.82) is 0 Å². The van der Waals surface area contributed by atoms with Crippen molar-refractivity contribution in [2.24, 2.45) is 0 Å². The van der Waals surface area contributed by atoms with Gasteiger partial charge in [-0.15, -0.1) is 11.6 Å². The topological polar surface area (TPSA) is 20.3 Å². The number of benzene rings is 1. The number of rotatable bonds is 4. The summed E-state index contributed by atoms with van der Waals surface area (Å²) in [5, 5.41) is 0.0989. The molecular formula is C13H17ClINO. The molecule has 0 fully saturated rings. The maximum absolute atomic E-state index is 12.2. The van der Waals surface area contributed by atoms with Gasteiger partial charge in [0.1, 0.15) is 0 Å². The number of alkyl halides is 1. The van der Waals surface area contributed by atoms with Gasteiger partial charge in [-0.05, 0) is 54.5 Å². The average Bonchev–Trinajstić information content (AvgIpc) is 2.28. The first-order valence-electron chi connectivity index (χ1n) is 5.58. The Morgan fingerprint density at radius 3 is 2.76 bits per heavy atom. The Kier molecular flexibility index (Phi) is 5.73. The normalized spacial score (nSPS) is 12.3. The van der Waals surface area contributed by atoms with Gasteiger partial charge in [0.15, 0.2) is 0 Å². The van der Waals surface area contributed by atoms with E-state index in [9.17, 15) is 4.79 Å². The molecule has 0 aromatic heterocycles. The molecule has 0 saturated carbocycles. The van der Waals surface area contributed by atoms with Crippen LogP contribution in [0, 0.1) is 10.5 Å². The number of carbonyl (C=O) groups is 1. The van der Waals surface area contributed by atoms with Crippen molar-refractivity contribution in [3.63, 3.8) is 0 Å². The first-order valence-corrected chi connectivity index (χ1v) is 7.09. The molecule has 1 aromatic rings. The number of hydrogen-bond donors (Lipinski definition) is 0. The van der Waals surface area contributed by atoms with Crippen LogP contribution in [0.5, 0.6) is 0 Å². The summed E-state index contributed by atoms with van der Waals surface area (Å²) in [5.74, 6) is 0.0652. The lowest BCUT2D eigenvalue weighted by atomic mass is 10.1. The van der Waals surface area contributed by atoms with Crippen LogP contribution in [0.1, 0.15) is 29.3 Å². The molecule has 0 aliphatic rings. The third-order valence-electron chi connectivity index (χ3n) is 2.63. The third-order valence-corrected chi connectivity index (χ3v) is 4.28. The van der Waals surface area contributed by atoms with E-state index in [1.807, 2.05) is 39.1 Å². The fourth-order valence-electron chi connectivity index (χ4n) is 1.49. The van der Waals surface area contributed by atoms with Crippen molar-refractivity contribution in [3.05, 3.63) is 32.9 Å². The minimum atomic E-state index is 0.0652. The van der Waals surface area contributed by atoms with Crippen LogP contribution in [0.4, 0.5) is 0 Å². The highest BCUT2D eigenvalue weighted by Crippen LogP contribution is 2.18. The van der Waals surface area contributed by atoms with Crippen LogP contribution in [0.15, 0.2) is 18.2 Å². The molecule has 2 nitrogen and oxygen atoms in total. The van der Waals surface area contributed by atoms with Gasteiger partial charge in [-0.3, -0.25) is 4.79 Å². The second-order valence-corrected chi connectivity index (χ2v) is 6.06. The standard InChI is InChI=1S/C13H17ClINO/c1-9-5-4-6-11(12(9)15)13(17)16(3)8-7-10(2)14/h4-6,10H,7-8H2,1-3H3. The summed E-state index contributed by atoms with van der Waals surface area (Å²) >= 11 is 8.11. The molecule has 1 rings (SSSR count). The summed E-state index contributed by atoms with van der Waals surface area (Å²) < 4.78 is 1.03. The molecule has 0 saturated heterocycles. The van der Waals surface area contributed by atoms with Gasteiger partial charge < -0.3 is 4.90 Å². The van der Waals surface area contributed by atoms with Crippen LogP contribution in [-0.4, -0.2) is 29.8 Å². The Balaban J connectivity index is 2.78. The second-order valence-electron chi connectivity index (χ2n) is 4.23. The lowest BCUT2D eigenvalue weighted by Crippen LogP contribution is -2.29. The Hall–Kier alpha value is -0.290. The van der Waals surface area contributed by atoms with Crippen LogP contribution < -0.4 is 0 Å². The third kappa shape index (κ3) is 4.14. The summed E-state index contributed by atoms with van der Waals surface area (Å²) in [4.78, 5) is 13.9. The molecule has 1 unspecified atom stereocenters. The lowest BCUT2D eigenvalue weighted by Gasteiger charge is -2.19. The lowest BCUT2D eigenvalue weighted by molar-refractivity contribution is 0.0792. The molecule has 0 aliphatic heterocycles. The van der Waals surface area contributed by atoms with Crippen molar-refractivity contribution < 1.29 is 4.79 Å².